The van der Waals surface area contributed by atoms with Crippen LogP contribution < -0.4 is 10.9 Å². The number of aromatic nitrogens is 1. The maximum Gasteiger partial charge on any atom is 0.260 e. The van der Waals surface area contributed by atoms with Crippen molar-refractivity contribution in [1.82, 2.24) is 15.2 Å². The van der Waals surface area contributed by atoms with Crippen LogP contribution in [0.25, 0.3) is 0 Å². The molecule has 5 heteroatoms. The molecule has 0 saturated carbocycles. The highest BCUT2D eigenvalue weighted by atomic mass is 16.2. The van der Waals surface area contributed by atoms with Crippen LogP contribution >= 0.6 is 0 Å². The number of H-pyrrole nitrogens is 1. The monoisotopic (exact) mass is 247 g/mol. The van der Waals surface area contributed by atoms with Crippen LogP contribution in [0.1, 0.15) is 22.5 Å². The maximum absolute atomic E-state index is 12.4. The molecule has 3 heterocycles. The summed E-state index contributed by atoms with van der Waals surface area (Å²) in [4.78, 5) is 28.7. The zero-order valence-corrected chi connectivity index (χ0v) is 10.4. The van der Waals surface area contributed by atoms with E-state index < -0.39 is 0 Å². The van der Waals surface area contributed by atoms with Crippen molar-refractivity contribution < 1.29 is 4.79 Å². The summed E-state index contributed by atoms with van der Waals surface area (Å²) in [5.74, 6) is 0.422. The average Bonchev–Trinajstić information content (AvgIpc) is 2.89. The number of rotatable bonds is 1. The minimum Gasteiger partial charge on any atom is -0.334 e. The second-order valence-electron chi connectivity index (χ2n) is 5.16. The van der Waals surface area contributed by atoms with Crippen LogP contribution in [-0.2, 0) is 0 Å². The number of carbonyl (C=O) groups is 1. The van der Waals surface area contributed by atoms with E-state index in [1.807, 2.05) is 11.8 Å². The van der Waals surface area contributed by atoms with Crippen molar-refractivity contribution in [1.29, 1.82) is 0 Å². The molecule has 1 amide bonds. The van der Waals surface area contributed by atoms with Crippen molar-refractivity contribution in [2.24, 2.45) is 5.92 Å². The lowest BCUT2D eigenvalue weighted by Crippen LogP contribution is -2.41. The van der Waals surface area contributed by atoms with E-state index in [0.29, 0.717) is 5.92 Å². The Labute approximate surface area is 105 Å². The number of pyridine rings is 1. The van der Waals surface area contributed by atoms with Gasteiger partial charge in [-0.25, -0.2) is 0 Å². The minimum atomic E-state index is -0.283. The van der Waals surface area contributed by atoms with E-state index in [2.05, 4.69) is 10.3 Å². The Balaban J connectivity index is 1.88. The second-order valence-corrected chi connectivity index (χ2v) is 5.16. The molecule has 2 atom stereocenters. The largest absolute Gasteiger partial charge is 0.334 e. The predicted molar refractivity (Wildman–Crippen MR) is 67.6 cm³/mol. The predicted octanol–water partition coefficient (Wildman–Crippen LogP) is 0.117. The van der Waals surface area contributed by atoms with E-state index in [1.54, 1.807) is 12.1 Å². The average molecular weight is 247 g/mol. The SMILES string of the molecule is Cc1ccc(C(=O)N2CC[C@H]3CNC[C@H]32)c(=O)[nH]1. The van der Waals surface area contributed by atoms with Crippen molar-refractivity contribution in [3.8, 4) is 0 Å². The summed E-state index contributed by atoms with van der Waals surface area (Å²) < 4.78 is 0. The van der Waals surface area contributed by atoms with Crippen LogP contribution in [0.15, 0.2) is 16.9 Å². The van der Waals surface area contributed by atoms with Crippen molar-refractivity contribution >= 4 is 5.91 Å². The summed E-state index contributed by atoms with van der Waals surface area (Å²) in [5.41, 5.74) is 0.751. The van der Waals surface area contributed by atoms with Gasteiger partial charge in [0.05, 0.1) is 0 Å². The highest BCUT2D eigenvalue weighted by Gasteiger charge is 2.40. The molecule has 1 aromatic rings. The minimum absolute atomic E-state index is 0.132. The molecule has 0 aliphatic carbocycles. The van der Waals surface area contributed by atoms with Crippen LogP contribution in [0, 0.1) is 12.8 Å². The Morgan fingerprint density at radius 1 is 1.39 bits per heavy atom. The smallest absolute Gasteiger partial charge is 0.260 e. The Hall–Kier alpha value is -1.62. The number of hydrogen-bond donors (Lipinski definition) is 2. The molecular formula is C13H17N3O2. The van der Waals surface area contributed by atoms with Crippen molar-refractivity contribution in [3.05, 3.63) is 33.7 Å². The standard InChI is InChI=1S/C13H17N3O2/c1-8-2-3-10(12(17)15-8)13(18)16-5-4-9-6-14-7-11(9)16/h2-3,9,11,14H,4-7H2,1H3,(H,15,17)/t9-,11+/m0/s1. The first-order chi connectivity index (χ1) is 8.66. The van der Waals surface area contributed by atoms with Gasteiger partial charge in [-0.3, -0.25) is 9.59 Å². The molecule has 2 saturated heterocycles. The van der Waals surface area contributed by atoms with Gasteiger partial charge in [0.1, 0.15) is 5.56 Å². The number of aromatic amines is 1. The van der Waals surface area contributed by atoms with Gasteiger partial charge in [0.15, 0.2) is 0 Å². The van der Waals surface area contributed by atoms with E-state index in [0.717, 1.165) is 31.7 Å². The topological polar surface area (TPSA) is 65.2 Å². The number of nitrogens with zero attached hydrogens (tertiary/aromatic N) is 1. The van der Waals surface area contributed by atoms with Gasteiger partial charge in [0.25, 0.3) is 11.5 Å². The van der Waals surface area contributed by atoms with Crippen LogP contribution in [0.5, 0.6) is 0 Å². The summed E-state index contributed by atoms with van der Waals surface area (Å²) in [6, 6.07) is 3.67. The normalized spacial score (nSPS) is 26.4. The van der Waals surface area contributed by atoms with Gasteiger partial charge in [-0.15, -0.1) is 0 Å². The maximum atomic E-state index is 12.4. The molecule has 2 aliphatic rings. The van der Waals surface area contributed by atoms with Gasteiger partial charge < -0.3 is 15.2 Å². The second kappa shape index (κ2) is 4.24. The molecule has 0 aromatic carbocycles. The fourth-order valence-electron chi connectivity index (χ4n) is 3.00. The Morgan fingerprint density at radius 2 is 2.22 bits per heavy atom. The number of nitrogens with one attached hydrogen (secondary N) is 2. The Morgan fingerprint density at radius 3 is 3.00 bits per heavy atom. The van der Waals surface area contributed by atoms with Gasteiger partial charge in [-0.05, 0) is 31.4 Å². The highest BCUT2D eigenvalue weighted by Crippen LogP contribution is 2.27. The Bertz CT molecular complexity index is 537. The molecule has 0 spiro atoms. The quantitative estimate of drug-likeness (QED) is 0.740. The van der Waals surface area contributed by atoms with E-state index in [9.17, 15) is 9.59 Å². The number of hydrogen-bond acceptors (Lipinski definition) is 3. The first-order valence-corrected chi connectivity index (χ1v) is 6.38. The van der Waals surface area contributed by atoms with E-state index in [1.165, 1.54) is 0 Å². The van der Waals surface area contributed by atoms with Crippen LogP contribution in [0.4, 0.5) is 0 Å². The van der Waals surface area contributed by atoms with Gasteiger partial charge in [0.2, 0.25) is 0 Å². The lowest BCUT2D eigenvalue weighted by molar-refractivity contribution is 0.0735. The molecule has 2 fully saturated rings. The summed E-state index contributed by atoms with van der Waals surface area (Å²) in [6.45, 7) is 4.41. The molecular weight excluding hydrogens is 230 g/mol. The molecule has 1 aromatic heterocycles. The van der Waals surface area contributed by atoms with Crippen molar-refractivity contribution in [2.75, 3.05) is 19.6 Å². The third-order valence-corrected chi connectivity index (χ3v) is 3.99. The van der Waals surface area contributed by atoms with Gasteiger partial charge in [-0.2, -0.15) is 0 Å². The fourth-order valence-corrected chi connectivity index (χ4v) is 3.00. The number of aryl methyl sites for hydroxylation is 1. The molecule has 96 valence electrons. The molecule has 0 bridgehead atoms. The first-order valence-electron chi connectivity index (χ1n) is 6.38. The van der Waals surface area contributed by atoms with Crippen LogP contribution in [0.3, 0.4) is 0 Å². The zero-order valence-electron chi connectivity index (χ0n) is 10.4. The number of likely N-dealkylation sites (tertiary alicyclic amines) is 1. The van der Waals surface area contributed by atoms with Gasteiger partial charge in [-0.1, -0.05) is 0 Å². The summed E-state index contributed by atoms with van der Waals surface area (Å²) in [7, 11) is 0. The molecule has 0 radical (unpaired) electrons. The lowest BCUT2D eigenvalue weighted by atomic mass is 10.0. The molecule has 3 rings (SSSR count). The molecule has 0 unspecified atom stereocenters. The van der Waals surface area contributed by atoms with Gasteiger partial charge >= 0.3 is 0 Å². The number of amides is 1. The first kappa shape index (κ1) is 11.5. The molecule has 18 heavy (non-hydrogen) atoms. The van der Waals surface area contributed by atoms with E-state index in [-0.39, 0.29) is 23.1 Å². The third-order valence-electron chi connectivity index (χ3n) is 3.99. The molecule has 2 N–H and O–H groups in total. The van der Waals surface area contributed by atoms with E-state index in [4.69, 9.17) is 0 Å². The lowest BCUT2D eigenvalue weighted by Gasteiger charge is -2.23. The summed E-state index contributed by atoms with van der Waals surface area (Å²) in [5, 5.41) is 3.30. The Kier molecular flexibility index (Phi) is 2.70. The van der Waals surface area contributed by atoms with Crippen LogP contribution in [0.2, 0.25) is 0 Å². The highest BCUT2D eigenvalue weighted by molar-refractivity contribution is 5.94. The van der Waals surface area contributed by atoms with Crippen molar-refractivity contribution in [2.45, 2.75) is 19.4 Å². The molecule has 2 aliphatic heterocycles. The summed E-state index contributed by atoms with van der Waals surface area (Å²) in [6.07, 6.45) is 1.03. The summed E-state index contributed by atoms with van der Waals surface area (Å²) >= 11 is 0. The zero-order chi connectivity index (χ0) is 12.7. The van der Waals surface area contributed by atoms with Crippen molar-refractivity contribution in [3.63, 3.8) is 0 Å². The number of fused-ring (bicyclic) bond motifs is 1. The fraction of sp³-hybridized carbons (Fsp3) is 0.538. The van der Waals surface area contributed by atoms with Gasteiger partial charge in [0, 0.05) is 31.4 Å². The van der Waals surface area contributed by atoms with E-state index >= 15 is 0 Å². The third kappa shape index (κ3) is 1.75. The van der Waals surface area contributed by atoms with Crippen LogP contribution in [-0.4, -0.2) is 41.5 Å². The molecule has 5 nitrogen and oxygen atoms in total. The number of carbonyl (C=O) groups excluding carboxylic acids is 1.